The van der Waals surface area contributed by atoms with Crippen LogP contribution in [0.3, 0.4) is 0 Å². The van der Waals surface area contributed by atoms with E-state index in [0.717, 1.165) is 0 Å². The molecule has 0 aliphatic rings. The molecule has 0 spiro atoms. The first-order valence-corrected chi connectivity index (χ1v) is 7.60. The van der Waals surface area contributed by atoms with Crippen LogP contribution in [0.4, 0.5) is 0 Å². The minimum atomic E-state index is -0.249. The van der Waals surface area contributed by atoms with E-state index in [1.54, 1.807) is 24.5 Å². The number of carbonyl (C=O) groups excluding carboxylic acids is 1. The Morgan fingerprint density at radius 2 is 2.08 bits per heavy atom. The minimum Gasteiger partial charge on any atom is -0.483 e. The molecule has 7 heteroatoms. The third-order valence-corrected chi connectivity index (χ3v) is 3.29. The summed E-state index contributed by atoms with van der Waals surface area (Å²) in [4.78, 5) is 11.9. The first kappa shape index (κ1) is 15.8. The van der Waals surface area contributed by atoms with Gasteiger partial charge in [-0.1, -0.05) is 19.1 Å². The van der Waals surface area contributed by atoms with Crippen LogP contribution in [0, 0.1) is 0 Å². The van der Waals surface area contributed by atoms with Gasteiger partial charge in [0.25, 0.3) is 11.8 Å². The molecule has 124 valence electrons. The number of para-hydroxylation sites is 1. The van der Waals surface area contributed by atoms with Crippen LogP contribution in [0.5, 0.6) is 5.75 Å². The van der Waals surface area contributed by atoms with Gasteiger partial charge >= 0.3 is 0 Å². The molecule has 2 aromatic heterocycles. The van der Waals surface area contributed by atoms with Gasteiger partial charge in [0.05, 0.1) is 18.4 Å². The highest BCUT2D eigenvalue weighted by molar-refractivity contribution is 5.77. The number of ether oxygens (including phenoxy) is 1. The highest BCUT2D eigenvalue weighted by Gasteiger charge is 2.14. The van der Waals surface area contributed by atoms with Crippen molar-refractivity contribution in [3.05, 3.63) is 54.3 Å². The summed E-state index contributed by atoms with van der Waals surface area (Å²) >= 11 is 0. The maximum atomic E-state index is 11.9. The van der Waals surface area contributed by atoms with Crippen molar-refractivity contribution >= 4 is 5.91 Å². The fourth-order valence-corrected chi connectivity index (χ4v) is 2.07. The van der Waals surface area contributed by atoms with Gasteiger partial charge in [0.15, 0.2) is 6.61 Å². The van der Waals surface area contributed by atoms with Crippen molar-refractivity contribution in [1.82, 2.24) is 15.5 Å². The van der Waals surface area contributed by atoms with Crippen molar-refractivity contribution in [2.45, 2.75) is 19.9 Å². The minimum absolute atomic E-state index is 0.119. The van der Waals surface area contributed by atoms with Crippen LogP contribution >= 0.6 is 0 Å². The second kappa shape index (κ2) is 7.45. The predicted octanol–water partition coefficient (Wildman–Crippen LogP) is 2.59. The van der Waals surface area contributed by atoms with Gasteiger partial charge < -0.3 is 18.9 Å². The Bertz CT molecular complexity index is 796. The first-order valence-electron chi connectivity index (χ1n) is 7.60. The fourth-order valence-electron chi connectivity index (χ4n) is 2.07. The number of furan rings is 1. The number of nitrogens with zero attached hydrogens (tertiary/aromatic N) is 2. The zero-order valence-corrected chi connectivity index (χ0v) is 13.2. The van der Waals surface area contributed by atoms with E-state index in [9.17, 15) is 4.79 Å². The van der Waals surface area contributed by atoms with Crippen LogP contribution in [0.25, 0.3) is 11.5 Å². The number of aromatic nitrogens is 2. The Balaban J connectivity index is 1.61. The standard InChI is InChI=1S/C17H17N3O4/c1-2-16-19-20-17(24-16)13-7-3-4-8-14(13)23-11-15(21)18-10-12-6-5-9-22-12/h3-9H,2,10-11H2,1H3,(H,18,21). The summed E-state index contributed by atoms with van der Waals surface area (Å²) in [6.07, 6.45) is 2.22. The van der Waals surface area contributed by atoms with E-state index in [1.807, 2.05) is 25.1 Å². The van der Waals surface area contributed by atoms with E-state index >= 15 is 0 Å². The van der Waals surface area contributed by atoms with Gasteiger partial charge in [-0.25, -0.2) is 0 Å². The van der Waals surface area contributed by atoms with E-state index in [2.05, 4.69) is 15.5 Å². The van der Waals surface area contributed by atoms with Crippen LogP contribution in [0.1, 0.15) is 18.6 Å². The summed E-state index contributed by atoms with van der Waals surface area (Å²) in [6.45, 7) is 2.13. The highest BCUT2D eigenvalue weighted by atomic mass is 16.5. The molecule has 2 heterocycles. The van der Waals surface area contributed by atoms with Crippen LogP contribution < -0.4 is 10.1 Å². The van der Waals surface area contributed by atoms with Gasteiger partial charge in [-0.05, 0) is 24.3 Å². The third kappa shape index (κ3) is 3.81. The maximum absolute atomic E-state index is 11.9. The lowest BCUT2D eigenvalue weighted by Crippen LogP contribution is -2.28. The molecule has 1 N–H and O–H groups in total. The Morgan fingerprint density at radius 3 is 2.83 bits per heavy atom. The number of hydrogen-bond acceptors (Lipinski definition) is 6. The summed E-state index contributed by atoms with van der Waals surface area (Å²) in [5, 5.41) is 10.7. The summed E-state index contributed by atoms with van der Waals surface area (Å²) < 4.78 is 16.3. The number of amides is 1. The van der Waals surface area contributed by atoms with Gasteiger partial charge in [0, 0.05) is 6.42 Å². The average Bonchev–Trinajstić information content (AvgIpc) is 3.29. The first-order chi connectivity index (χ1) is 11.8. The summed E-state index contributed by atoms with van der Waals surface area (Å²) in [5.41, 5.74) is 0.656. The molecule has 24 heavy (non-hydrogen) atoms. The molecule has 1 aromatic carbocycles. The van der Waals surface area contributed by atoms with Crippen LogP contribution in [0.2, 0.25) is 0 Å². The Labute approximate surface area is 138 Å². The normalized spacial score (nSPS) is 10.5. The molecule has 7 nitrogen and oxygen atoms in total. The molecule has 0 aliphatic heterocycles. The number of aryl methyl sites for hydroxylation is 1. The van der Waals surface area contributed by atoms with Crippen molar-refractivity contribution < 1.29 is 18.4 Å². The molecular weight excluding hydrogens is 310 g/mol. The Morgan fingerprint density at radius 1 is 1.21 bits per heavy atom. The summed E-state index contributed by atoms with van der Waals surface area (Å²) in [6, 6.07) is 10.8. The third-order valence-electron chi connectivity index (χ3n) is 3.29. The molecule has 0 radical (unpaired) electrons. The van der Waals surface area contributed by atoms with Gasteiger partial charge in [-0.2, -0.15) is 0 Å². The van der Waals surface area contributed by atoms with Gasteiger partial charge in [0.2, 0.25) is 5.89 Å². The maximum Gasteiger partial charge on any atom is 0.258 e. The Hall–Kier alpha value is -3.09. The molecule has 3 rings (SSSR count). The molecule has 0 bridgehead atoms. The van der Waals surface area contributed by atoms with Crippen molar-refractivity contribution in [1.29, 1.82) is 0 Å². The van der Waals surface area contributed by atoms with Crippen molar-refractivity contribution in [2.75, 3.05) is 6.61 Å². The molecule has 0 aliphatic carbocycles. The number of rotatable bonds is 7. The van der Waals surface area contributed by atoms with Crippen LogP contribution in [-0.2, 0) is 17.8 Å². The molecule has 0 unspecified atom stereocenters. The second-order valence-electron chi connectivity index (χ2n) is 5.00. The average molecular weight is 327 g/mol. The highest BCUT2D eigenvalue weighted by Crippen LogP contribution is 2.28. The molecule has 1 amide bonds. The van der Waals surface area contributed by atoms with E-state index in [-0.39, 0.29) is 12.5 Å². The predicted molar refractivity (Wildman–Crippen MR) is 85.2 cm³/mol. The zero-order chi connectivity index (χ0) is 16.8. The van der Waals surface area contributed by atoms with E-state index in [4.69, 9.17) is 13.6 Å². The fraction of sp³-hybridized carbons (Fsp3) is 0.235. The molecule has 0 saturated heterocycles. The molecule has 3 aromatic rings. The molecule has 0 fully saturated rings. The molecular formula is C17H17N3O4. The van der Waals surface area contributed by atoms with Crippen molar-refractivity contribution in [3.8, 4) is 17.2 Å². The van der Waals surface area contributed by atoms with Gasteiger partial charge in [-0.3, -0.25) is 4.79 Å². The lowest BCUT2D eigenvalue weighted by Gasteiger charge is -2.09. The number of hydrogen-bond donors (Lipinski definition) is 1. The van der Waals surface area contributed by atoms with Crippen molar-refractivity contribution in [3.63, 3.8) is 0 Å². The largest absolute Gasteiger partial charge is 0.483 e. The lowest BCUT2D eigenvalue weighted by molar-refractivity contribution is -0.123. The smallest absolute Gasteiger partial charge is 0.258 e. The number of nitrogens with one attached hydrogen (secondary N) is 1. The van der Waals surface area contributed by atoms with E-state index in [1.165, 1.54) is 0 Å². The van der Waals surface area contributed by atoms with Gasteiger partial charge in [-0.15, -0.1) is 10.2 Å². The van der Waals surface area contributed by atoms with E-state index < -0.39 is 0 Å². The van der Waals surface area contributed by atoms with E-state index in [0.29, 0.717) is 41.8 Å². The van der Waals surface area contributed by atoms with Crippen LogP contribution in [-0.4, -0.2) is 22.7 Å². The molecule has 0 saturated carbocycles. The topological polar surface area (TPSA) is 90.4 Å². The monoisotopic (exact) mass is 327 g/mol. The number of benzene rings is 1. The molecule has 0 atom stereocenters. The Kier molecular flexibility index (Phi) is 4.90. The van der Waals surface area contributed by atoms with Gasteiger partial charge in [0.1, 0.15) is 11.5 Å². The SMILES string of the molecule is CCc1nnc(-c2ccccc2OCC(=O)NCc2ccco2)o1. The quantitative estimate of drug-likeness (QED) is 0.717. The lowest BCUT2D eigenvalue weighted by atomic mass is 10.2. The summed E-state index contributed by atoms with van der Waals surface area (Å²) in [5.74, 6) is 1.87. The van der Waals surface area contributed by atoms with Crippen LogP contribution in [0.15, 0.2) is 51.5 Å². The number of carbonyl (C=O) groups is 1. The zero-order valence-electron chi connectivity index (χ0n) is 13.2. The van der Waals surface area contributed by atoms with Crippen molar-refractivity contribution in [2.24, 2.45) is 0 Å². The second-order valence-corrected chi connectivity index (χ2v) is 5.00. The summed E-state index contributed by atoms with van der Waals surface area (Å²) in [7, 11) is 0.